The lowest BCUT2D eigenvalue weighted by molar-refractivity contribution is -0.384. The first-order valence-electron chi connectivity index (χ1n) is 10.6. The average Bonchev–Trinajstić information content (AvgIpc) is 3.29. The Morgan fingerprint density at radius 2 is 1.91 bits per heavy atom. The van der Waals surface area contributed by atoms with Crippen molar-refractivity contribution in [3.63, 3.8) is 0 Å². The van der Waals surface area contributed by atoms with Gasteiger partial charge in [-0.05, 0) is 36.2 Å². The molecule has 180 valence electrons. The van der Waals surface area contributed by atoms with Gasteiger partial charge in [-0.2, -0.15) is 9.61 Å². The molecule has 0 aliphatic carbocycles. The minimum atomic E-state index is -0.453. The number of hydrogen-bond donors (Lipinski definition) is 1. The third kappa shape index (κ3) is 5.66. The van der Waals surface area contributed by atoms with Crippen molar-refractivity contribution >= 4 is 29.0 Å². The molecule has 2 aromatic heterocycles. The van der Waals surface area contributed by atoms with Crippen molar-refractivity contribution in [2.24, 2.45) is 0 Å². The molecular formula is C23H22N6O5S. The molecule has 4 aromatic rings. The minimum absolute atomic E-state index is 0.0208. The van der Waals surface area contributed by atoms with Gasteiger partial charge in [0.25, 0.3) is 5.69 Å². The molecule has 12 heteroatoms. The molecule has 2 aromatic carbocycles. The second-order valence-corrected chi connectivity index (χ2v) is 8.30. The first-order chi connectivity index (χ1) is 17.0. The molecular weight excluding hydrogens is 472 g/mol. The predicted molar refractivity (Wildman–Crippen MR) is 130 cm³/mol. The maximum atomic E-state index is 12.4. The Bertz CT molecular complexity index is 1380. The van der Waals surface area contributed by atoms with Gasteiger partial charge in [-0.1, -0.05) is 30.0 Å². The highest BCUT2D eigenvalue weighted by molar-refractivity contribution is 7.99. The van der Waals surface area contributed by atoms with Gasteiger partial charge in [0, 0.05) is 24.2 Å². The third-order valence-corrected chi connectivity index (χ3v) is 6.02. The van der Waals surface area contributed by atoms with Gasteiger partial charge in [0.2, 0.25) is 11.1 Å². The number of non-ortho nitro benzene ring substituents is 1. The molecule has 0 saturated heterocycles. The number of nitro benzene ring substituents is 1. The van der Waals surface area contributed by atoms with Crippen LogP contribution in [-0.2, 0) is 11.2 Å². The molecule has 1 N–H and O–H groups in total. The summed E-state index contributed by atoms with van der Waals surface area (Å²) in [7, 11) is 3.16. The standard InChI is InChI=1S/C23H22N6O5S/c1-33-19-8-6-15(12-20(19)34-2)10-11-24-22(30)14-35-23-26-25-21-9-7-18(27-28(21)23)16-4-3-5-17(13-16)29(31)32/h3-9,12-13H,10-11,14H2,1-2H3,(H,24,30). The molecule has 0 spiro atoms. The van der Waals surface area contributed by atoms with Gasteiger partial charge >= 0.3 is 0 Å². The van der Waals surface area contributed by atoms with Crippen LogP contribution in [0.5, 0.6) is 11.5 Å². The Balaban J connectivity index is 1.37. The largest absolute Gasteiger partial charge is 0.493 e. The number of ether oxygens (including phenoxy) is 2. The molecule has 11 nitrogen and oxygen atoms in total. The van der Waals surface area contributed by atoms with E-state index < -0.39 is 4.92 Å². The van der Waals surface area contributed by atoms with Gasteiger partial charge in [-0.25, -0.2) is 0 Å². The summed E-state index contributed by atoms with van der Waals surface area (Å²) in [4.78, 5) is 23.0. The summed E-state index contributed by atoms with van der Waals surface area (Å²) < 4.78 is 12.1. The highest BCUT2D eigenvalue weighted by Gasteiger charge is 2.13. The first-order valence-corrected chi connectivity index (χ1v) is 11.5. The number of nitrogens with zero attached hydrogens (tertiary/aromatic N) is 5. The van der Waals surface area contributed by atoms with Crippen molar-refractivity contribution in [2.75, 3.05) is 26.5 Å². The fraction of sp³-hybridized carbons (Fsp3) is 0.217. The normalized spacial score (nSPS) is 10.8. The second-order valence-electron chi connectivity index (χ2n) is 7.36. The number of aromatic nitrogens is 4. The number of methoxy groups -OCH3 is 2. The van der Waals surface area contributed by atoms with Gasteiger partial charge < -0.3 is 14.8 Å². The van der Waals surface area contributed by atoms with Gasteiger partial charge in [0.15, 0.2) is 17.1 Å². The maximum absolute atomic E-state index is 12.4. The number of rotatable bonds is 10. The Hall–Kier alpha value is -4.19. The zero-order valence-corrected chi connectivity index (χ0v) is 19.8. The number of thioether (sulfide) groups is 1. The van der Waals surface area contributed by atoms with E-state index in [9.17, 15) is 14.9 Å². The van der Waals surface area contributed by atoms with Crippen molar-refractivity contribution in [3.05, 3.63) is 70.3 Å². The van der Waals surface area contributed by atoms with E-state index in [1.165, 1.54) is 28.4 Å². The van der Waals surface area contributed by atoms with Gasteiger partial charge in [-0.3, -0.25) is 14.9 Å². The molecule has 1 amide bonds. The Kier molecular flexibility index (Phi) is 7.41. The molecule has 0 aliphatic rings. The molecule has 4 rings (SSSR count). The highest BCUT2D eigenvalue weighted by Crippen LogP contribution is 2.27. The van der Waals surface area contributed by atoms with E-state index in [-0.39, 0.29) is 17.3 Å². The summed E-state index contributed by atoms with van der Waals surface area (Å²) >= 11 is 1.20. The van der Waals surface area contributed by atoms with E-state index in [2.05, 4.69) is 20.6 Å². The quantitative estimate of drug-likeness (QED) is 0.200. The monoisotopic (exact) mass is 494 g/mol. The number of nitrogens with one attached hydrogen (secondary N) is 1. The van der Waals surface area contributed by atoms with Gasteiger partial charge in [0.1, 0.15) is 0 Å². The number of amides is 1. The van der Waals surface area contributed by atoms with Crippen molar-refractivity contribution in [2.45, 2.75) is 11.6 Å². The molecule has 0 radical (unpaired) electrons. The van der Waals surface area contributed by atoms with Gasteiger partial charge in [-0.15, -0.1) is 10.2 Å². The number of hydrogen-bond acceptors (Lipinski definition) is 9. The Morgan fingerprint density at radius 1 is 1.09 bits per heavy atom. The molecule has 0 aliphatic heterocycles. The molecule has 0 bridgehead atoms. The van der Waals surface area contributed by atoms with E-state index in [1.807, 2.05) is 18.2 Å². The van der Waals surface area contributed by atoms with Crippen LogP contribution in [0.1, 0.15) is 5.56 Å². The van der Waals surface area contributed by atoms with Crippen LogP contribution < -0.4 is 14.8 Å². The summed E-state index contributed by atoms with van der Waals surface area (Å²) in [6, 6.07) is 15.3. The van der Waals surface area contributed by atoms with E-state index in [4.69, 9.17) is 9.47 Å². The SMILES string of the molecule is COc1ccc(CCNC(=O)CSc2nnc3ccc(-c4cccc([N+](=O)[O-])c4)nn23)cc1OC. The van der Waals surface area contributed by atoms with Crippen LogP contribution >= 0.6 is 11.8 Å². The molecule has 35 heavy (non-hydrogen) atoms. The number of nitro groups is 1. The number of carbonyl (C=O) groups excluding carboxylic acids is 1. The number of benzene rings is 2. The Morgan fingerprint density at radius 3 is 2.69 bits per heavy atom. The van der Waals surface area contributed by atoms with Crippen LogP contribution in [0.3, 0.4) is 0 Å². The summed E-state index contributed by atoms with van der Waals surface area (Å²) in [5.74, 6) is 1.28. The molecule has 0 fully saturated rings. The van der Waals surface area contributed by atoms with E-state index in [1.54, 1.807) is 38.5 Å². The topological polar surface area (TPSA) is 134 Å². The smallest absolute Gasteiger partial charge is 0.270 e. The highest BCUT2D eigenvalue weighted by atomic mass is 32.2. The van der Waals surface area contributed by atoms with Crippen LogP contribution in [0.2, 0.25) is 0 Å². The lowest BCUT2D eigenvalue weighted by atomic mass is 10.1. The summed E-state index contributed by atoms with van der Waals surface area (Å²) in [6.45, 7) is 0.463. The lowest BCUT2D eigenvalue weighted by Gasteiger charge is -2.10. The lowest BCUT2D eigenvalue weighted by Crippen LogP contribution is -2.27. The van der Waals surface area contributed by atoms with Crippen molar-refractivity contribution < 1.29 is 19.2 Å². The average molecular weight is 495 g/mol. The fourth-order valence-corrected chi connectivity index (χ4v) is 4.07. The van der Waals surface area contributed by atoms with Crippen molar-refractivity contribution in [1.29, 1.82) is 0 Å². The predicted octanol–water partition coefficient (Wildman–Crippen LogP) is 3.17. The zero-order valence-electron chi connectivity index (χ0n) is 19.0. The van der Waals surface area contributed by atoms with Crippen LogP contribution in [-0.4, -0.2) is 57.2 Å². The van der Waals surface area contributed by atoms with E-state index >= 15 is 0 Å². The van der Waals surface area contributed by atoms with E-state index in [0.717, 1.165) is 5.56 Å². The first kappa shape index (κ1) is 24.0. The van der Waals surface area contributed by atoms with Crippen LogP contribution in [0, 0.1) is 10.1 Å². The fourth-order valence-electron chi connectivity index (χ4n) is 3.36. The summed E-state index contributed by atoms with van der Waals surface area (Å²) in [5.41, 5.74) is 2.63. The van der Waals surface area contributed by atoms with Gasteiger partial charge in [0.05, 0.1) is 30.6 Å². The van der Waals surface area contributed by atoms with Crippen LogP contribution in [0.4, 0.5) is 5.69 Å². The molecule has 0 atom stereocenters. The summed E-state index contributed by atoms with van der Waals surface area (Å²) in [6.07, 6.45) is 0.638. The zero-order chi connectivity index (χ0) is 24.8. The minimum Gasteiger partial charge on any atom is -0.493 e. The molecule has 0 saturated carbocycles. The second kappa shape index (κ2) is 10.8. The van der Waals surface area contributed by atoms with Crippen molar-refractivity contribution in [1.82, 2.24) is 25.1 Å². The number of carbonyl (C=O) groups is 1. The number of fused-ring (bicyclic) bond motifs is 1. The van der Waals surface area contributed by atoms with Crippen LogP contribution in [0.15, 0.2) is 59.8 Å². The van der Waals surface area contributed by atoms with Crippen LogP contribution in [0.25, 0.3) is 16.9 Å². The molecule has 2 heterocycles. The summed E-state index contributed by atoms with van der Waals surface area (Å²) in [5, 5.41) is 27.1. The van der Waals surface area contributed by atoms with E-state index in [0.29, 0.717) is 46.5 Å². The molecule has 0 unspecified atom stereocenters. The third-order valence-electron chi connectivity index (χ3n) is 5.10. The maximum Gasteiger partial charge on any atom is 0.270 e. The van der Waals surface area contributed by atoms with Crippen molar-refractivity contribution in [3.8, 4) is 22.8 Å². The Labute approximate surface area is 204 Å².